The van der Waals surface area contributed by atoms with E-state index in [0.717, 1.165) is 4.73 Å². The molecule has 2 aliphatic rings. The van der Waals surface area contributed by atoms with Crippen molar-refractivity contribution in [1.29, 1.82) is 0 Å². The summed E-state index contributed by atoms with van der Waals surface area (Å²) in [6.07, 6.45) is 0.202. The molecule has 9 heteroatoms. The van der Waals surface area contributed by atoms with Crippen molar-refractivity contribution >= 4 is 22.3 Å². The Hall–Kier alpha value is -3.59. The van der Waals surface area contributed by atoms with Crippen LogP contribution in [-0.2, 0) is 6.42 Å². The van der Waals surface area contributed by atoms with E-state index in [9.17, 15) is 10.3 Å². The minimum atomic E-state index is -0.755. The number of pyridine rings is 1. The lowest BCUT2D eigenvalue weighted by Gasteiger charge is -2.19. The first-order valence-corrected chi connectivity index (χ1v) is 9.82. The third-order valence-corrected chi connectivity index (χ3v) is 5.73. The molecule has 1 aromatic heterocycles. The van der Waals surface area contributed by atoms with E-state index in [0.29, 0.717) is 75.1 Å². The molecule has 0 amide bonds. The van der Waals surface area contributed by atoms with Gasteiger partial charge in [-0.05, 0) is 6.42 Å². The number of hydrogen-bond acceptors (Lipinski definition) is 8. The highest BCUT2D eigenvalue weighted by atomic mass is 16.7. The molecule has 31 heavy (non-hydrogen) atoms. The Morgan fingerprint density at radius 2 is 1.71 bits per heavy atom. The van der Waals surface area contributed by atoms with Crippen LogP contribution in [0.1, 0.15) is 23.8 Å². The summed E-state index contributed by atoms with van der Waals surface area (Å²) in [5.74, 6) is 2.51. The third kappa shape index (κ3) is 2.92. The van der Waals surface area contributed by atoms with Gasteiger partial charge in [0.1, 0.15) is 0 Å². The second-order valence-electron chi connectivity index (χ2n) is 7.35. The number of nitrogens with one attached hydrogen (secondary N) is 1. The average Bonchev–Trinajstić information content (AvgIpc) is 3.41. The summed E-state index contributed by atoms with van der Waals surface area (Å²) in [6.45, 7) is 0.0997. The van der Waals surface area contributed by atoms with E-state index in [1.807, 2.05) is 0 Å². The van der Waals surface area contributed by atoms with Crippen molar-refractivity contribution in [2.24, 2.45) is 0 Å². The molecule has 2 heterocycles. The Bertz CT molecular complexity index is 1170. The molecule has 162 valence electrons. The number of fused-ring (bicyclic) bond motifs is 3. The largest absolute Gasteiger partial charge is 0.618 e. The molecule has 1 atom stereocenters. The highest BCUT2D eigenvalue weighted by molar-refractivity contribution is 5.96. The SMILES string of the molecule is COc1cc(Nc2c3c([n+]([O-])c4cc5c(cc24)OCO5)CCC3O)cc(OC)c1OC. The molecule has 2 N–H and O–H groups in total. The zero-order valence-electron chi connectivity index (χ0n) is 17.4. The molecule has 0 bridgehead atoms. The molecule has 1 aliphatic carbocycles. The lowest BCUT2D eigenvalue weighted by molar-refractivity contribution is -0.585. The maximum absolute atomic E-state index is 13.1. The summed E-state index contributed by atoms with van der Waals surface area (Å²) in [5, 5.41) is 27.8. The first-order valence-electron chi connectivity index (χ1n) is 9.82. The van der Waals surface area contributed by atoms with Gasteiger partial charge in [0.05, 0.1) is 50.1 Å². The number of anilines is 2. The van der Waals surface area contributed by atoms with Crippen molar-refractivity contribution < 1.29 is 33.5 Å². The van der Waals surface area contributed by atoms with Gasteiger partial charge in [-0.1, -0.05) is 0 Å². The maximum Gasteiger partial charge on any atom is 0.231 e. The molecule has 9 nitrogen and oxygen atoms in total. The van der Waals surface area contributed by atoms with E-state index < -0.39 is 6.10 Å². The smallest absolute Gasteiger partial charge is 0.231 e. The van der Waals surface area contributed by atoms with Gasteiger partial charge >= 0.3 is 0 Å². The van der Waals surface area contributed by atoms with Crippen LogP contribution in [0.5, 0.6) is 28.7 Å². The van der Waals surface area contributed by atoms with Crippen LogP contribution >= 0.6 is 0 Å². The molecule has 5 rings (SSSR count). The van der Waals surface area contributed by atoms with E-state index >= 15 is 0 Å². The summed E-state index contributed by atoms with van der Waals surface area (Å²) in [7, 11) is 4.62. The summed E-state index contributed by atoms with van der Waals surface area (Å²) in [4.78, 5) is 0. The zero-order chi connectivity index (χ0) is 21.7. The highest BCUT2D eigenvalue weighted by Gasteiger charge is 2.35. The lowest BCUT2D eigenvalue weighted by atomic mass is 10.0. The van der Waals surface area contributed by atoms with Crippen LogP contribution in [0, 0.1) is 5.21 Å². The maximum atomic E-state index is 13.1. The molecule has 2 aromatic carbocycles. The number of aliphatic hydroxyl groups is 1. The van der Waals surface area contributed by atoms with Crippen molar-refractivity contribution in [3.8, 4) is 28.7 Å². The Kier molecular flexibility index (Phi) is 4.55. The Morgan fingerprint density at radius 3 is 2.35 bits per heavy atom. The van der Waals surface area contributed by atoms with Crippen molar-refractivity contribution in [2.45, 2.75) is 18.9 Å². The Morgan fingerprint density at radius 1 is 1.03 bits per heavy atom. The molecule has 0 saturated heterocycles. The molecule has 0 saturated carbocycles. The highest BCUT2D eigenvalue weighted by Crippen LogP contribution is 2.46. The number of aliphatic hydroxyl groups excluding tert-OH is 1. The Labute approximate surface area is 178 Å². The fourth-order valence-corrected chi connectivity index (χ4v) is 4.29. The number of rotatable bonds is 5. The topological polar surface area (TPSA) is 105 Å². The minimum absolute atomic E-state index is 0.0997. The van der Waals surface area contributed by atoms with Crippen LogP contribution in [0.2, 0.25) is 0 Å². The second-order valence-corrected chi connectivity index (χ2v) is 7.35. The van der Waals surface area contributed by atoms with Gasteiger partial charge in [0.15, 0.2) is 23.0 Å². The molecule has 1 aliphatic heterocycles. The van der Waals surface area contributed by atoms with Gasteiger partial charge in [-0.25, -0.2) is 0 Å². The van der Waals surface area contributed by atoms with E-state index in [1.54, 1.807) is 38.5 Å². The van der Waals surface area contributed by atoms with Crippen LogP contribution in [0.15, 0.2) is 24.3 Å². The predicted octanol–water partition coefficient (Wildman–Crippen LogP) is 2.95. The average molecular weight is 426 g/mol. The monoisotopic (exact) mass is 426 g/mol. The van der Waals surface area contributed by atoms with Gasteiger partial charge in [0, 0.05) is 30.3 Å². The number of aromatic nitrogens is 1. The van der Waals surface area contributed by atoms with Gasteiger partial charge in [-0.15, -0.1) is 0 Å². The molecule has 3 aromatic rings. The van der Waals surface area contributed by atoms with Crippen LogP contribution in [0.3, 0.4) is 0 Å². The molecule has 0 spiro atoms. The van der Waals surface area contributed by atoms with Crippen LogP contribution in [0.25, 0.3) is 10.9 Å². The van der Waals surface area contributed by atoms with Crippen LogP contribution < -0.4 is 33.7 Å². The van der Waals surface area contributed by atoms with Crippen molar-refractivity contribution in [2.75, 3.05) is 33.4 Å². The number of benzene rings is 2. The standard InChI is InChI=1S/C22H22N2O7/c1-27-18-6-11(7-19(28-2)22(18)29-3)23-21-12-8-16-17(31-10-30-16)9-14(12)24(26)13-4-5-15(25)20(13)21/h6-9,15,23,25H,4-5,10H2,1-3H3. The fourth-order valence-electron chi connectivity index (χ4n) is 4.29. The minimum Gasteiger partial charge on any atom is -0.618 e. The zero-order valence-corrected chi connectivity index (χ0v) is 17.4. The fraction of sp³-hybridized carbons (Fsp3) is 0.318. The summed E-state index contributed by atoms with van der Waals surface area (Å²) in [6, 6.07) is 6.98. The van der Waals surface area contributed by atoms with E-state index in [1.165, 1.54) is 7.11 Å². The number of hydrogen-bond donors (Lipinski definition) is 2. The van der Waals surface area contributed by atoms with Crippen LogP contribution in [0.4, 0.5) is 11.4 Å². The molecule has 1 unspecified atom stereocenters. The number of ether oxygens (including phenoxy) is 5. The van der Waals surface area contributed by atoms with Crippen molar-refractivity contribution in [1.82, 2.24) is 0 Å². The first kappa shape index (κ1) is 19.4. The third-order valence-electron chi connectivity index (χ3n) is 5.73. The summed E-state index contributed by atoms with van der Waals surface area (Å²) >= 11 is 0. The Balaban J connectivity index is 1.74. The van der Waals surface area contributed by atoms with Crippen molar-refractivity contribution in [3.63, 3.8) is 0 Å². The number of methoxy groups -OCH3 is 3. The van der Waals surface area contributed by atoms with Gasteiger partial charge < -0.3 is 39.3 Å². The summed E-state index contributed by atoms with van der Waals surface area (Å²) in [5.41, 5.74) is 2.84. The van der Waals surface area contributed by atoms with E-state index in [4.69, 9.17) is 23.7 Å². The van der Waals surface area contributed by atoms with Gasteiger partial charge in [0.2, 0.25) is 23.8 Å². The van der Waals surface area contributed by atoms with Gasteiger partial charge in [0.25, 0.3) is 0 Å². The lowest BCUT2D eigenvalue weighted by Crippen LogP contribution is -2.33. The second kappa shape index (κ2) is 7.28. The summed E-state index contributed by atoms with van der Waals surface area (Å²) < 4.78 is 28.2. The first-order chi connectivity index (χ1) is 15.0. The molecule has 0 fully saturated rings. The van der Waals surface area contributed by atoms with Gasteiger partial charge in [-0.3, -0.25) is 0 Å². The normalized spacial score (nSPS) is 16.3. The molecular formula is C22H22N2O7. The quantitative estimate of drug-likeness (QED) is 0.474. The van der Waals surface area contributed by atoms with Gasteiger partial charge in [-0.2, -0.15) is 4.73 Å². The van der Waals surface area contributed by atoms with Crippen molar-refractivity contribution in [3.05, 3.63) is 40.7 Å². The molecular weight excluding hydrogens is 404 g/mol. The predicted molar refractivity (Wildman–Crippen MR) is 112 cm³/mol. The van der Waals surface area contributed by atoms with E-state index in [2.05, 4.69) is 5.32 Å². The number of nitrogens with zero attached hydrogens (tertiary/aromatic N) is 1. The van der Waals surface area contributed by atoms with Crippen LogP contribution in [-0.4, -0.2) is 33.2 Å². The van der Waals surface area contributed by atoms with E-state index in [-0.39, 0.29) is 6.79 Å². The molecule has 0 radical (unpaired) electrons.